The number of fused-ring (bicyclic) bond motifs is 3. The van der Waals surface area contributed by atoms with E-state index in [1.54, 1.807) is 12.1 Å². The zero-order chi connectivity index (χ0) is 14.4. The number of nitrogens with zero attached hydrogens (tertiary/aromatic N) is 1. The molecule has 2 aromatic carbocycles. The zero-order valence-corrected chi connectivity index (χ0v) is 11.5. The van der Waals surface area contributed by atoms with Crippen molar-refractivity contribution in [3.8, 4) is 11.1 Å². The molecule has 104 valence electrons. The van der Waals surface area contributed by atoms with Gasteiger partial charge in [-0.2, -0.15) is 0 Å². The Morgan fingerprint density at radius 2 is 1.71 bits per heavy atom. The second kappa shape index (κ2) is 4.55. The third-order valence-electron chi connectivity index (χ3n) is 4.16. The van der Waals surface area contributed by atoms with Crippen LogP contribution in [0.25, 0.3) is 22.0 Å². The van der Waals surface area contributed by atoms with Crippen LogP contribution in [-0.4, -0.2) is 10.5 Å². The van der Waals surface area contributed by atoms with E-state index in [0.717, 1.165) is 40.6 Å². The van der Waals surface area contributed by atoms with Gasteiger partial charge in [0.2, 0.25) is 5.91 Å². The largest absolute Gasteiger partial charge is 0.284 e. The number of benzene rings is 2. The topological polar surface area (TPSA) is 22.0 Å². The van der Waals surface area contributed by atoms with Crippen molar-refractivity contribution < 1.29 is 9.18 Å². The summed E-state index contributed by atoms with van der Waals surface area (Å²) in [5.41, 5.74) is 4.05. The van der Waals surface area contributed by atoms with E-state index < -0.39 is 0 Å². The number of rotatable bonds is 1. The summed E-state index contributed by atoms with van der Waals surface area (Å²) in [7, 11) is 0. The van der Waals surface area contributed by atoms with Crippen LogP contribution in [0.4, 0.5) is 4.39 Å². The third kappa shape index (κ3) is 1.81. The van der Waals surface area contributed by atoms with Gasteiger partial charge in [0, 0.05) is 23.1 Å². The molecule has 0 unspecified atom stereocenters. The predicted octanol–water partition coefficient (Wildman–Crippen LogP) is 4.42. The summed E-state index contributed by atoms with van der Waals surface area (Å²) in [6.45, 7) is 0. The molecule has 1 aliphatic rings. The lowest BCUT2D eigenvalue weighted by atomic mass is 9.98. The molecule has 0 spiro atoms. The van der Waals surface area contributed by atoms with E-state index in [0.29, 0.717) is 6.42 Å². The van der Waals surface area contributed by atoms with Crippen LogP contribution in [0.3, 0.4) is 0 Å². The summed E-state index contributed by atoms with van der Waals surface area (Å²) >= 11 is 0. The van der Waals surface area contributed by atoms with Gasteiger partial charge in [-0.05, 0) is 36.6 Å². The van der Waals surface area contributed by atoms with Gasteiger partial charge in [0.05, 0.1) is 5.52 Å². The number of aromatic nitrogens is 1. The van der Waals surface area contributed by atoms with Crippen LogP contribution < -0.4 is 0 Å². The fourth-order valence-electron chi connectivity index (χ4n) is 3.27. The average molecular weight is 279 g/mol. The second-order valence-corrected chi connectivity index (χ2v) is 5.43. The van der Waals surface area contributed by atoms with Crippen LogP contribution in [-0.2, 0) is 6.42 Å². The van der Waals surface area contributed by atoms with Gasteiger partial charge in [0.25, 0.3) is 0 Å². The van der Waals surface area contributed by atoms with Crippen LogP contribution >= 0.6 is 0 Å². The monoisotopic (exact) mass is 279 g/mol. The molecule has 1 aromatic heterocycles. The number of halogens is 1. The molecule has 0 atom stereocenters. The highest BCUT2D eigenvalue weighted by Gasteiger charge is 2.24. The number of hydrogen-bond donors (Lipinski definition) is 0. The van der Waals surface area contributed by atoms with Gasteiger partial charge in [-0.15, -0.1) is 0 Å². The molecule has 2 nitrogen and oxygen atoms in total. The number of para-hydroxylation sites is 1. The average Bonchev–Trinajstić information content (AvgIpc) is 2.84. The minimum absolute atomic E-state index is 0.154. The molecule has 0 bridgehead atoms. The van der Waals surface area contributed by atoms with Crippen molar-refractivity contribution in [1.29, 1.82) is 0 Å². The first kappa shape index (κ1) is 12.3. The minimum Gasteiger partial charge on any atom is -0.284 e. The molecule has 0 aliphatic carbocycles. The summed E-state index contributed by atoms with van der Waals surface area (Å²) in [6.07, 6.45) is 2.35. The highest BCUT2D eigenvalue weighted by atomic mass is 19.1. The lowest BCUT2D eigenvalue weighted by molar-refractivity contribution is 0.0890. The fourth-order valence-corrected chi connectivity index (χ4v) is 3.27. The van der Waals surface area contributed by atoms with Crippen molar-refractivity contribution in [1.82, 2.24) is 4.57 Å². The van der Waals surface area contributed by atoms with Gasteiger partial charge in [0.15, 0.2) is 0 Å². The first-order valence-corrected chi connectivity index (χ1v) is 7.17. The van der Waals surface area contributed by atoms with Crippen molar-refractivity contribution in [2.75, 3.05) is 0 Å². The van der Waals surface area contributed by atoms with Gasteiger partial charge >= 0.3 is 0 Å². The summed E-state index contributed by atoms with van der Waals surface area (Å²) in [6, 6.07) is 14.5. The molecule has 0 saturated heterocycles. The van der Waals surface area contributed by atoms with E-state index in [9.17, 15) is 9.18 Å². The van der Waals surface area contributed by atoms with Crippen LogP contribution in [0.5, 0.6) is 0 Å². The summed E-state index contributed by atoms with van der Waals surface area (Å²) in [5, 5.41) is 1.06. The Morgan fingerprint density at radius 1 is 0.952 bits per heavy atom. The predicted molar refractivity (Wildman–Crippen MR) is 80.9 cm³/mol. The normalized spacial score (nSPS) is 14.4. The highest BCUT2D eigenvalue weighted by Crippen LogP contribution is 2.37. The van der Waals surface area contributed by atoms with Gasteiger partial charge in [-0.3, -0.25) is 9.36 Å². The summed E-state index contributed by atoms with van der Waals surface area (Å²) < 4.78 is 15.0. The molecule has 0 saturated carbocycles. The SMILES string of the molecule is O=C1CCCc2c(-c3ccc(F)cc3)c3ccccc3n21. The van der Waals surface area contributed by atoms with Gasteiger partial charge < -0.3 is 0 Å². The molecule has 0 fully saturated rings. The molecule has 0 N–H and O–H groups in total. The summed E-state index contributed by atoms with van der Waals surface area (Å²) in [5.74, 6) is -0.0898. The lowest BCUT2D eigenvalue weighted by Crippen LogP contribution is -2.18. The van der Waals surface area contributed by atoms with E-state index in [2.05, 4.69) is 0 Å². The molecule has 0 radical (unpaired) electrons. The van der Waals surface area contributed by atoms with Crippen molar-refractivity contribution in [2.45, 2.75) is 19.3 Å². The molecule has 0 amide bonds. The number of carbonyl (C=O) groups excluding carboxylic acids is 1. The molecule has 3 aromatic rings. The van der Waals surface area contributed by atoms with Gasteiger partial charge in [0.1, 0.15) is 5.82 Å². The van der Waals surface area contributed by atoms with Crippen LogP contribution in [0, 0.1) is 5.82 Å². The highest BCUT2D eigenvalue weighted by molar-refractivity contribution is 6.04. The zero-order valence-electron chi connectivity index (χ0n) is 11.5. The Balaban J connectivity index is 2.09. The minimum atomic E-state index is -0.243. The van der Waals surface area contributed by atoms with Crippen LogP contribution in [0.15, 0.2) is 48.5 Å². The molecule has 4 rings (SSSR count). The number of hydrogen-bond acceptors (Lipinski definition) is 1. The van der Waals surface area contributed by atoms with Crippen molar-refractivity contribution in [2.24, 2.45) is 0 Å². The van der Waals surface area contributed by atoms with Crippen molar-refractivity contribution in [3.63, 3.8) is 0 Å². The van der Waals surface area contributed by atoms with Crippen molar-refractivity contribution >= 4 is 16.8 Å². The van der Waals surface area contributed by atoms with E-state index in [4.69, 9.17) is 0 Å². The van der Waals surface area contributed by atoms with E-state index in [1.807, 2.05) is 28.8 Å². The Bertz CT molecular complexity index is 846. The second-order valence-electron chi connectivity index (χ2n) is 5.43. The van der Waals surface area contributed by atoms with E-state index in [1.165, 1.54) is 12.1 Å². The first-order valence-electron chi connectivity index (χ1n) is 7.17. The molecular formula is C18H14FNO. The molecule has 21 heavy (non-hydrogen) atoms. The van der Waals surface area contributed by atoms with E-state index in [-0.39, 0.29) is 11.7 Å². The standard InChI is InChI=1S/C18H14FNO/c19-13-10-8-12(9-11-13)18-14-4-1-2-5-15(14)20-16(18)6-3-7-17(20)21/h1-2,4-5,8-11H,3,6-7H2. The fraction of sp³-hybridized carbons (Fsp3) is 0.167. The Hall–Kier alpha value is -2.42. The first-order chi connectivity index (χ1) is 10.3. The Labute approximate surface area is 121 Å². The maximum atomic E-state index is 13.2. The molecular weight excluding hydrogens is 265 g/mol. The van der Waals surface area contributed by atoms with Crippen LogP contribution in [0.1, 0.15) is 23.3 Å². The molecule has 2 heterocycles. The van der Waals surface area contributed by atoms with Crippen molar-refractivity contribution in [3.05, 3.63) is 60.0 Å². The maximum absolute atomic E-state index is 13.2. The Morgan fingerprint density at radius 3 is 2.52 bits per heavy atom. The van der Waals surface area contributed by atoms with Gasteiger partial charge in [-0.25, -0.2) is 4.39 Å². The summed E-state index contributed by atoms with van der Waals surface area (Å²) in [4.78, 5) is 12.3. The lowest BCUT2D eigenvalue weighted by Gasteiger charge is -2.16. The molecule has 1 aliphatic heterocycles. The smallest absolute Gasteiger partial charge is 0.231 e. The quantitative estimate of drug-likeness (QED) is 0.646. The number of carbonyl (C=O) groups is 1. The van der Waals surface area contributed by atoms with Gasteiger partial charge in [-0.1, -0.05) is 30.3 Å². The maximum Gasteiger partial charge on any atom is 0.231 e. The Kier molecular flexibility index (Phi) is 2.67. The van der Waals surface area contributed by atoms with E-state index >= 15 is 0 Å². The molecule has 3 heteroatoms. The third-order valence-corrected chi connectivity index (χ3v) is 4.16. The van der Waals surface area contributed by atoms with Crippen LogP contribution in [0.2, 0.25) is 0 Å².